The second-order valence-corrected chi connectivity index (χ2v) is 35.9. The average molecular weight is 1160 g/mol. The third-order valence-electron chi connectivity index (χ3n) is 21.0. The van der Waals surface area contributed by atoms with E-state index in [-0.39, 0.29) is 10.8 Å². The first-order chi connectivity index (χ1) is 42.7. The van der Waals surface area contributed by atoms with Crippen LogP contribution in [0.1, 0.15) is 49.9 Å². The van der Waals surface area contributed by atoms with E-state index in [0.717, 1.165) is 11.4 Å². The maximum Gasteiger partial charge on any atom is 0.117 e. The fourth-order valence-electron chi connectivity index (χ4n) is 16.5. The zero-order chi connectivity index (χ0) is 59.6. The second-order valence-electron chi connectivity index (χ2n) is 27.2. The lowest BCUT2D eigenvalue weighted by Gasteiger charge is -2.41. The Morgan fingerprint density at radius 1 is 0.250 bits per heavy atom. The van der Waals surface area contributed by atoms with E-state index in [1.165, 1.54) is 154 Å². The molecule has 0 spiro atoms. The van der Waals surface area contributed by atoms with Crippen molar-refractivity contribution < 1.29 is 0 Å². The maximum atomic E-state index is 2.56. The molecule has 0 atom stereocenters. The molecule has 0 saturated heterocycles. The van der Waals surface area contributed by atoms with Crippen molar-refractivity contribution in [1.82, 2.24) is 0 Å². The summed E-state index contributed by atoms with van der Waals surface area (Å²) in [6, 6.07) is 103. The summed E-state index contributed by atoms with van der Waals surface area (Å²) in [4.78, 5) is 5.12. The van der Waals surface area contributed by atoms with Gasteiger partial charge in [0.05, 0.1) is 0 Å². The molecule has 2 aliphatic heterocycles. The number of anilines is 6. The van der Waals surface area contributed by atoms with Crippen LogP contribution in [0.15, 0.2) is 267 Å². The van der Waals surface area contributed by atoms with E-state index in [1.54, 1.807) is 0 Å². The van der Waals surface area contributed by atoms with E-state index < -0.39 is 16.1 Å². The van der Waals surface area contributed by atoms with Crippen LogP contribution in [0.2, 0.25) is 26.2 Å². The van der Waals surface area contributed by atoms with Gasteiger partial charge in [0, 0.05) is 45.0 Å². The van der Waals surface area contributed by atoms with Gasteiger partial charge in [0.25, 0.3) is 0 Å². The molecular weight excluding hydrogens is 1090 g/mol. The highest BCUT2D eigenvalue weighted by Gasteiger charge is 2.41. The molecule has 422 valence electrons. The molecule has 17 rings (SSSR count). The van der Waals surface area contributed by atoms with Crippen LogP contribution >= 0.6 is 0 Å². The molecule has 2 nitrogen and oxygen atoms in total. The van der Waals surface area contributed by atoms with E-state index in [2.05, 4.69) is 331 Å². The molecule has 0 N–H and O–H groups in total. The molecule has 13 aromatic rings. The lowest BCUT2D eigenvalue weighted by atomic mass is 9.81. The van der Waals surface area contributed by atoms with E-state index in [1.807, 2.05) is 0 Å². The molecule has 2 aliphatic carbocycles. The normalized spacial score (nSPS) is 15.6. The summed E-state index contributed by atoms with van der Waals surface area (Å²) in [6.45, 7) is 19.6. The van der Waals surface area contributed by atoms with Gasteiger partial charge in [-0.25, -0.2) is 0 Å². The highest BCUT2D eigenvalue weighted by atomic mass is 28.3. The van der Waals surface area contributed by atoms with Crippen molar-refractivity contribution in [3.8, 4) is 66.8 Å². The van der Waals surface area contributed by atoms with Gasteiger partial charge in [-0.1, -0.05) is 248 Å². The Kier molecular flexibility index (Phi) is 11.4. The van der Waals surface area contributed by atoms with Crippen LogP contribution in [-0.2, 0) is 10.8 Å². The van der Waals surface area contributed by atoms with Crippen molar-refractivity contribution in [2.45, 2.75) is 64.7 Å². The summed E-state index contributed by atoms with van der Waals surface area (Å²) >= 11 is 0. The molecule has 0 bridgehead atoms. The van der Waals surface area contributed by atoms with Gasteiger partial charge in [-0.15, -0.1) is 0 Å². The van der Waals surface area contributed by atoms with Crippen molar-refractivity contribution in [3.63, 3.8) is 0 Å². The van der Waals surface area contributed by atoms with E-state index >= 15 is 0 Å². The van der Waals surface area contributed by atoms with Gasteiger partial charge in [-0.05, 0) is 204 Å². The molecule has 0 radical (unpaired) electrons. The Hall–Kier alpha value is -9.59. The molecule has 13 aromatic carbocycles. The molecule has 88 heavy (non-hydrogen) atoms. The molecular formula is C84H68N2Si2. The number of nitrogens with zero attached hydrogens (tertiary/aromatic N) is 2. The summed E-state index contributed by atoms with van der Waals surface area (Å²) in [7, 11) is -4.13. The number of benzene rings is 13. The average Bonchev–Trinajstić information content (AvgIpc) is 0.915. The Bertz CT molecular complexity index is 4720. The number of para-hydroxylation sites is 4. The maximum absolute atomic E-state index is 2.56. The van der Waals surface area contributed by atoms with Gasteiger partial charge in [-0.3, -0.25) is 0 Å². The van der Waals surface area contributed by atoms with Crippen LogP contribution in [-0.4, -0.2) is 16.1 Å². The largest absolute Gasteiger partial charge is 0.311 e. The molecule has 0 saturated carbocycles. The predicted molar refractivity (Wildman–Crippen MR) is 381 cm³/mol. The number of rotatable bonds is 6. The first kappa shape index (κ1) is 52.7. The van der Waals surface area contributed by atoms with E-state index in [9.17, 15) is 0 Å². The third kappa shape index (κ3) is 7.52. The molecule has 0 unspecified atom stereocenters. The van der Waals surface area contributed by atoms with E-state index in [0.29, 0.717) is 0 Å². The van der Waals surface area contributed by atoms with Crippen LogP contribution in [0.3, 0.4) is 0 Å². The monoisotopic (exact) mass is 1160 g/mol. The van der Waals surface area contributed by atoms with Gasteiger partial charge in [0.2, 0.25) is 0 Å². The minimum atomic E-state index is -2.07. The summed E-state index contributed by atoms with van der Waals surface area (Å²) in [6.07, 6.45) is 0. The zero-order valence-electron chi connectivity index (χ0n) is 51.3. The Morgan fingerprint density at radius 3 is 0.955 bits per heavy atom. The summed E-state index contributed by atoms with van der Waals surface area (Å²) < 4.78 is 0. The Labute approximate surface area is 519 Å². The summed E-state index contributed by atoms with van der Waals surface area (Å²) in [5.74, 6) is 0. The molecule has 2 heterocycles. The number of hydrogen-bond acceptors (Lipinski definition) is 2. The first-order valence-electron chi connectivity index (χ1n) is 31.4. The molecule has 4 aliphatic rings. The topological polar surface area (TPSA) is 6.48 Å². The molecule has 0 amide bonds. The lowest BCUT2D eigenvalue weighted by molar-refractivity contribution is 0.660. The van der Waals surface area contributed by atoms with E-state index in [4.69, 9.17) is 0 Å². The van der Waals surface area contributed by atoms with Crippen LogP contribution < -0.4 is 30.5 Å². The van der Waals surface area contributed by atoms with Gasteiger partial charge in [0.1, 0.15) is 16.1 Å². The first-order valence-corrected chi connectivity index (χ1v) is 37.4. The second kappa shape index (κ2) is 19.0. The Balaban J connectivity index is 0.945. The Morgan fingerprint density at radius 2 is 0.568 bits per heavy atom. The standard InChI is InChI=1S/C84H68N2Si2/c1-83(2)69-29-11-9-27-61(69)63-43-39-55(49-71(63)83)53-23-21-25-57(47-53)81-65-45-41-60(86-75-33-15-19-37-79(75)88(7,8)80-38-20-16-34-76(80)86)52-68(65)82(58-26-22-24-54(48-58)56-40-44-64-62-28-10-12-30-70(62)84(3,4)72(64)50-56)66-46-42-59(51-67(66)81)85-73-31-13-17-35-77(73)87(5,6)78-36-18-14-32-74(78)85/h9-52H,1-8H3. The lowest BCUT2D eigenvalue weighted by Crippen LogP contribution is -2.58. The minimum absolute atomic E-state index is 0.118. The molecule has 4 heteroatoms. The zero-order valence-corrected chi connectivity index (χ0v) is 53.3. The van der Waals surface area contributed by atoms with Crippen molar-refractivity contribution >= 4 is 92.6 Å². The molecule has 0 aromatic heterocycles. The van der Waals surface area contributed by atoms with Crippen LogP contribution in [0.25, 0.3) is 88.3 Å². The highest BCUT2D eigenvalue weighted by molar-refractivity contribution is 7.03. The van der Waals surface area contributed by atoms with Crippen LogP contribution in [0.4, 0.5) is 34.1 Å². The van der Waals surface area contributed by atoms with Gasteiger partial charge >= 0.3 is 0 Å². The van der Waals surface area contributed by atoms with Crippen molar-refractivity contribution in [1.29, 1.82) is 0 Å². The van der Waals surface area contributed by atoms with Crippen molar-refractivity contribution in [3.05, 3.63) is 289 Å². The fourth-order valence-corrected chi connectivity index (χ4v) is 22.4. The molecule has 0 fully saturated rings. The minimum Gasteiger partial charge on any atom is -0.311 e. The third-order valence-corrected chi connectivity index (χ3v) is 28.1. The van der Waals surface area contributed by atoms with Crippen LogP contribution in [0.5, 0.6) is 0 Å². The van der Waals surface area contributed by atoms with Crippen LogP contribution in [0, 0.1) is 0 Å². The summed E-state index contributed by atoms with van der Waals surface area (Å²) in [5.41, 5.74) is 27.8. The predicted octanol–water partition coefficient (Wildman–Crippen LogP) is 20.5. The van der Waals surface area contributed by atoms with Gasteiger partial charge in [-0.2, -0.15) is 0 Å². The number of hydrogen-bond donors (Lipinski definition) is 0. The van der Waals surface area contributed by atoms with Crippen molar-refractivity contribution in [2.75, 3.05) is 9.80 Å². The van der Waals surface area contributed by atoms with Crippen molar-refractivity contribution in [2.24, 2.45) is 0 Å². The SMILES string of the molecule is CC1(C)c2ccccc2-c2ccc(-c3cccc(-c4c5ccc(N6c7ccccc7[Si](C)(C)c7ccccc76)cc5c(-c5cccc(-c6ccc7c(c6)C(C)(C)c6ccccc6-7)c5)c5ccc(N6c7ccccc7[Si](C)(C)c7ccccc76)cc45)c3)cc21. The highest BCUT2D eigenvalue weighted by Crippen LogP contribution is 2.54. The fraction of sp³-hybridized carbons (Fsp3) is 0.119. The van der Waals surface area contributed by atoms with Gasteiger partial charge in [0.15, 0.2) is 0 Å². The smallest absolute Gasteiger partial charge is 0.117 e. The van der Waals surface area contributed by atoms with Gasteiger partial charge < -0.3 is 9.80 Å². The quantitative estimate of drug-likeness (QED) is 0.121. The number of fused-ring (bicyclic) bond motifs is 12. The summed E-state index contributed by atoms with van der Waals surface area (Å²) in [5, 5.41) is 10.7.